The van der Waals surface area contributed by atoms with Gasteiger partial charge in [0.15, 0.2) is 0 Å². The van der Waals surface area contributed by atoms with E-state index in [1.807, 2.05) is 18.2 Å². The van der Waals surface area contributed by atoms with Crippen LogP contribution >= 0.6 is 23.4 Å². The molecule has 0 saturated heterocycles. The molecule has 29 heavy (non-hydrogen) atoms. The molecule has 10 heteroatoms. The number of hydrogen-bond donors (Lipinski definition) is 1. The number of nitrogens with zero attached hydrogens (tertiary/aromatic N) is 3. The highest BCUT2D eigenvalue weighted by molar-refractivity contribution is 8.00. The highest BCUT2D eigenvalue weighted by atomic mass is 35.5. The molecule has 3 aromatic rings. The Hall–Kier alpha value is -3.04. The first-order chi connectivity index (χ1) is 13.8. The van der Waals surface area contributed by atoms with Gasteiger partial charge in [-0.25, -0.2) is 4.68 Å². The fourth-order valence-corrected chi connectivity index (χ4v) is 3.76. The molecule has 1 heterocycles. The lowest BCUT2D eigenvalue weighted by Crippen LogP contribution is -2.23. The van der Waals surface area contributed by atoms with E-state index in [2.05, 4.69) is 5.32 Å². The van der Waals surface area contributed by atoms with E-state index >= 15 is 0 Å². The van der Waals surface area contributed by atoms with Crippen molar-refractivity contribution in [2.75, 3.05) is 11.1 Å². The smallest absolute Gasteiger partial charge is 0.295 e. The summed E-state index contributed by atoms with van der Waals surface area (Å²) in [5, 5.41) is 14.0. The van der Waals surface area contributed by atoms with Crippen molar-refractivity contribution in [2.45, 2.75) is 11.8 Å². The molecule has 1 amide bonds. The molecule has 0 saturated carbocycles. The molecule has 0 aliphatic heterocycles. The number of carbonyl (C=O) groups is 1. The van der Waals surface area contributed by atoms with Gasteiger partial charge in [-0.05, 0) is 31.2 Å². The highest BCUT2D eigenvalue weighted by Gasteiger charge is 2.20. The zero-order valence-electron chi connectivity index (χ0n) is 15.6. The molecule has 0 atom stereocenters. The second-order valence-corrected chi connectivity index (χ2v) is 7.60. The number of carbonyl (C=O) groups excluding carboxylic acids is 1. The van der Waals surface area contributed by atoms with Gasteiger partial charge in [0, 0.05) is 18.1 Å². The summed E-state index contributed by atoms with van der Waals surface area (Å²) in [7, 11) is 1.73. The summed E-state index contributed by atoms with van der Waals surface area (Å²) in [6.45, 7) is 1.73. The number of anilines is 1. The quantitative estimate of drug-likeness (QED) is 0.363. The van der Waals surface area contributed by atoms with E-state index < -0.39 is 10.8 Å². The second-order valence-electron chi connectivity index (χ2n) is 6.14. The number of benzene rings is 2. The predicted molar refractivity (Wildman–Crippen MR) is 113 cm³/mol. The molecule has 0 aliphatic rings. The molecular weight excluding hydrogens is 416 g/mol. The molecule has 1 aromatic heterocycles. The van der Waals surface area contributed by atoms with Crippen molar-refractivity contribution in [1.29, 1.82) is 0 Å². The van der Waals surface area contributed by atoms with Gasteiger partial charge in [-0.2, -0.15) is 0 Å². The molecule has 8 nitrogen and oxygen atoms in total. The van der Waals surface area contributed by atoms with Gasteiger partial charge in [0.1, 0.15) is 5.69 Å². The summed E-state index contributed by atoms with van der Waals surface area (Å²) in [6, 6.07) is 13.3. The number of nitro benzene ring substituents is 1. The van der Waals surface area contributed by atoms with E-state index in [4.69, 9.17) is 11.6 Å². The maximum atomic E-state index is 12.8. The predicted octanol–water partition coefficient (Wildman–Crippen LogP) is 3.78. The van der Waals surface area contributed by atoms with Crippen LogP contribution in [-0.2, 0) is 11.8 Å². The van der Waals surface area contributed by atoms with Crippen LogP contribution in [0.4, 0.5) is 11.4 Å². The lowest BCUT2D eigenvalue weighted by atomic mass is 10.3. The van der Waals surface area contributed by atoms with Gasteiger partial charge >= 0.3 is 0 Å². The van der Waals surface area contributed by atoms with Crippen LogP contribution in [0.5, 0.6) is 0 Å². The average Bonchev–Trinajstić information content (AvgIpc) is 2.90. The minimum absolute atomic E-state index is 0.0957. The van der Waals surface area contributed by atoms with Crippen LogP contribution in [0.25, 0.3) is 5.69 Å². The van der Waals surface area contributed by atoms with Crippen LogP contribution in [0, 0.1) is 17.0 Å². The minimum atomic E-state index is -0.550. The maximum Gasteiger partial charge on any atom is 0.295 e. The standard InChI is InChI=1S/C19H17ClN4O4S/c1-12-18(19(26)23(22(12)2)14-6-4-3-5-7-14)21-17(25)11-29-16-9-8-13(20)10-15(16)24(27)28/h3-10H,11H2,1-2H3,(H,21,25). The van der Waals surface area contributed by atoms with E-state index in [0.29, 0.717) is 16.3 Å². The number of amides is 1. The summed E-state index contributed by atoms with van der Waals surface area (Å²) in [5.74, 6) is -0.535. The molecule has 0 aliphatic carbocycles. The van der Waals surface area contributed by atoms with Gasteiger partial charge in [0.25, 0.3) is 11.2 Å². The molecule has 2 aromatic carbocycles. The van der Waals surface area contributed by atoms with Crippen molar-refractivity contribution < 1.29 is 9.72 Å². The molecule has 150 valence electrons. The van der Waals surface area contributed by atoms with Gasteiger partial charge in [-0.15, -0.1) is 11.8 Å². The van der Waals surface area contributed by atoms with Crippen LogP contribution in [0.3, 0.4) is 0 Å². The Balaban J connectivity index is 1.79. The Morgan fingerprint density at radius 1 is 1.24 bits per heavy atom. The Labute approximate surface area is 175 Å². The summed E-state index contributed by atoms with van der Waals surface area (Å²) < 4.78 is 3.12. The van der Waals surface area contributed by atoms with Crippen LogP contribution in [0.1, 0.15) is 5.69 Å². The van der Waals surface area contributed by atoms with Gasteiger partial charge in [-0.3, -0.25) is 24.4 Å². The number of aromatic nitrogens is 2. The Morgan fingerprint density at radius 2 is 1.93 bits per heavy atom. The number of nitro groups is 1. The third-order valence-corrected chi connectivity index (χ3v) is 5.59. The van der Waals surface area contributed by atoms with Gasteiger partial charge in [-0.1, -0.05) is 29.8 Å². The van der Waals surface area contributed by atoms with Crippen molar-refractivity contribution >= 4 is 40.6 Å². The maximum absolute atomic E-state index is 12.8. The highest BCUT2D eigenvalue weighted by Crippen LogP contribution is 2.31. The minimum Gasteiger partial charge on any atom is -0.319 e. The third kappa shape index (κ3) is 4.36. The van der Waals surface area contributed by atoms with Gasteiger partial charge < -0.3 is 5.32 Å². The first-order valence-corrected chi connectivity index (χ1v) is 9.86. The number of rotatable bonds is 6. The SMILES string of the molecule is Cc1c(NC(=O)CSc2ccc(Cl)cc2[N+](=O)[O-])c(=O)n(-c2ccccc2)n1C. The largest absolute Gasteiger partial charge is 0.319 e. The number of nitrogens with one attached hydrogen (secondary N) is 1. The molecule has 0 unspecified atom stereocenters. The number of halogens is 1. The van der Waals surface area contributed by atoms with E-state index in [-0.39, 0.29) is 27.7 Å². The molecule has 0 fully saturated rings. The molecule has 1 N–H and O–H groups in total. The summed E-state index contributed by atoms with van der Waals surface area (Å²) >= 11 is 6.80. The lowest BCUT2D eigenvalue weighted by molar-refractivity contribution is -0.387. The third-order valence-electron chi connectivity index (χ3n) is 4.30. The van der Waals surface area contributed by atoms with Crippen molar-refractivity contribution in [3.63, 3.8) is 0 Å². The zero-order valence-corrected chi connectivity index (χ0v) is 17.2. The topological polar surface area (TPSA) is 99.2 Å². The lowest BCUT2D eigenvalue weighted by Gasteiger charge is -2.07. The number of thioether (sulfide) groups is 1. The monoisotopic (exact) mass is 432 g/mol. The van der Waals surface area contributed by atoms with Crippen LogP contribution in [0.15, 0.2) is 58.2 Å². The van der Waals surface area contributed by atoms with Crippen LogP contribution in [0.2, 0.25) is 5.02 Å². The molecule has 0 bridgehead atoms. The number of hydrogen-bond acceptors (Lipinski definition) is 5. The van der Waals surface area contributed by atoms with E-state index in [0.717, 1.165) is 11.8 Å². The average molecular weight is 433 g/mol. The Morgan fingerprint density at radius 3 is 2.59 bits per heavy atom. The Bertz CT molecular complexity index is 1140. The van der Waals surface area contributed by atoms with Crippen molar-refractivity contribution in [3.8, 4) is 5.69 Å². The first kappa shape index (κ1) is 20.7. The van der Waals surface area contributed by atoms with Gasteiger partial charge in [0.05, 0.1) is 27.0 Å². The summed E-state index contributed by atoms with van der Waals surface area (Å²) in [6.07, 6.45) is 0. The molecular formula is C19H17ClN4O4S. The van der Waals surface area contributed by atoms with Crippen LogP contribution in [-0.4, -0.2) is 25.9 Å². The van der Waals surface area contributed by atoms with E-state index in [1.165, 1.54) is 22.9 Å². The molecule has 0 spiro atoms. The van der Waals surface area contributed by atoms with Crippen molar-refractivity contribution in [3.05, 3.63) is 79.7 Å². The fourth-order valence-electron chi connectivity index (χ4n) is 2.79. The zero-order chi connectivity index (χ0) is 21.1. The summed E-state index contributed by atoms with van der Waals surface area (Å²) in [4.78, 5) is 36.2. The van der Waals surface area contributed by atoms with Gasteiger partial charge in [0.2, 0.25) is 5.91 Å². The Kier molecular flexibility index (Phi) is 6.09. The number of para-hydroxylation sites is 1. The van der Waals surface area contributed by atoms with E-state index in [1.54, 1.807) is 30.8 Å². The first-order valence-electron chi connectivity index (χ1n) is 8.50. The summed E-state index contributed by atoms with van der Waals surface area (Å²) in [5.41, 5.74) is 0.918. The van der Waals surface area contributed by atoms with E-state index in [9.17, 15) is 19.7 Å². The van der Waals surface area contributed by atoms with Crippen LogP contribution < -0.4 is 10.9 Å². The molecule has 0 radical (unpaired) electrons. The van der Waals surface area contributed by atoms with Crippen molar-refractivity contribution in [1.82, 2.24) is 9.36 Å². The fraction of sp³-hybridized carbons (Fsp3) is 0.158. The normalized spacial score (nSPS) is 10.7. The molecule has 3 rings (SSSR count). The second kappa shape index (κ2) is 8.54. The van der Waals surface area contributed by atoms with Crippen molar-refractivity contribution in [2.24, 2.45) is 7.05 Å².